The van der Waals surface area contributed by atoms with Crippen LogP contribution in [0.15, 0.2) is 59.4 Å². The number of nitrogens with one attached hydrogen (secondary N) is 1. The van der Waals surface area contributed by atoms with Crippen LogP contribution in [0.25, 0.3) is 10.9 Å². The molecule has 182 valence electrons. The van der Waals surface area contributed by atoms with E-state index in [1.807, 2.05) is 41.9 Å². The Labute approximate surface area is 206 Å². The van der Waals surface area contributed by atoms with Crippen molar-refractivity contribution in [1.29, 1.82) is 0 Å². The first-order chi connectivity index (χ1) is 17.1. The van der Waals surface area contributed by atoms with Crippen LogP contribution in [0.1, 0.15) is 74.0 Å². The van der Waals surface area contributed by atoms with Gasteiger partial charge in [-0.2, -0.15) is 0 Å². The van der Waals surface area contributed by atoms with Crippen molar-refractivity contribution in [2.24, 2.45) is 0 Å². The number of benzene rings is 2. The van der Waals surface area contributed by atoms with Crippen LogP contribution in [0.2, 0.25) is 0 Å². The second-order valence-corrected chi connectivity index (χ2v) is 9.76. The molecule has 0 aliphatic heterocycles. The maximum Gasteiger partial charge on any atom is 0.252 e. The fourth-order valence-electron chi connectivity index (χ4n) is 5.51. The molecule has 1 N–H and O–H groups in total. The van der Waals surface area contributed by atoms with E-state index in [1.165, 1.54) is 18.4 Å². The largest absolute Gasteiger partial charge is 0.321 e. The second kappa shape index (κ2) is 10.5. The Kier molecular flexibility index (Phi) is 7.04. The standard InChI is InChI=1S/C28H34N6O/c1-3-10-25(27-30-31-32-34(27)18-21-12-5-4-6-13-21)33(24-15-7-8-16-24)19-23-17-22-14-9-11-20(2)26(22)29-28(23)35/h4-6,9,11-14,17,24-25H,3,7-8,10,15-16,18-19H2,1-2H3,(H,29,35)/t25-/m1/s1. The van der Waals surface area contributed by atoms with Gasteiger partial charge in [-0.25, -0.2) is 4.68 Å². The Balaban J connectivity index is 1.52. The van der Waals surface area contributed by atoms with Crippen LogP contribution < -0.4 is 5.56 Å². The summed E-state index contributed by atoms with van der Waals surface area (Å²) in [5.41, 5.74) is 3.98. The van der Waals surface area contributed by atoms with Gasteiger partial charge in [0.1, 0.15) is 0 Å². The van der Waals surface area contributed by atoms with E-state index in [9.17, 15) is 4.79 Å². The van der Waals surface area contributed by atoms with Crippen molar-refractivity contribution in [3.05, 3.63) is 87.5 Å². The molecule has 0 saturated heterocycles. The third-order valence-corrected chi connectivity index (χ3v) is 7.31. The van der Waals surface area contributed by atoms with E-state index < -0.39 is 0 Å². The van der Waals surface area contributed by atoms with Crippen molar-refractivity contribution in [3.8, 4) is 0 Å². The average Bonchev–Trinajstić information content (AvgIpc) is 3.56. The Bertz CT molecular complexity index is 1320. The lowest BCUT2D eigenvalue weighted by Gasteiger charge is -2.35. The minimum absolute atomic E-state index is 0.00563. The maximum atomic E-state index is 13.2. The summed E-state index contributed by atoms with van der Waals surface area (Å²) in [6.45, 7) is 5.47. The van der Waals surface area contributed by atoms with Crippen LogP contribution in [0.5, 0.6) is 0 Å². The van der Waals surface area contributed by atoms with Crippen LogP contribution in [0, 0.1) is 6.92 Å². The van der Waals surface area contributed by atoms with E-state index in [4.69, 9.17) is 0 Å². The average molecular weight is 471 g/mol. The molecular formula is C28H34N6O. The molecule has 1 fully saturated rings. The molecule has 1 saturated carbocycles. The second-order valence-electron chi connectivity index (χ2n) is 9.76. The summed E-state index contributed by atoms with van der Waals surface area (Å²) in [5.74, 6) is 0.885. The van der Waals surface area contributed by atoms with Crippen molar-refractivity contribution >= 4 is 10.9 Å². The third kappa shape index (κ3) is 5.05. The lowest BCUT2D eigenvalue weighted by atomic mass is 10.0. The van der Waals surface area contributed by atoms with Gasteiger partial charge in [-0.05, 0) is 59.2 Å². The lowest BCUT2D eigenvalue weighted by Crippen LogP contribution is -2.39. The van der Waals surface area contributed by atoms with E-state index >= 15 is 0 Å². The molecule has 0 amide bonds. The van der Waals surface area contributed by atoms with Gasteiger partial charge in [-0.3, -0.25) is 9.69 Å². The van der Waals surface area contributed by atoms with Gasteiger partial charge < -0.3 is 4.98 Å². The number of tetrazole rings is 1. The molecular weight excluding hydrogens is 436 g/mol. The molecule has 1 aliphatic rings. The zero-order valence-corrected chi connectivity index (χ0v) is 20.7. The topological polar surface area (TPSA) is 79.7 Å². The number of aromatic amines is 1. The van der Waals surface area contributed by atoms with Gasteiger partial charge in [0.15, 0.2) is 5.82 Å². The van der Waals surface area contributed by atoms with Crippen molar-refractivity contribution in [3.63, 3.8) is 0 Å². The Morgan fingerprint density at radius 3 is 2.69 bits per heavy atom. The van der Waals surface area contributed by atoms with Gasteiger partial charge in [0.05, 0.1) is 18.1 Å². The van der Waals surface area contributed by atoms with Crippen LogP contribution >= 0.6 is 0 Å². The first kappa shape index (κ1) is 23.4. The van der Waals surface area contributed by atoms with Gasteiger partial charge in [0.25, 0.3) is 5.56 Å². The molecule has 5 rings (SSSR count). The Morgan fingerprint density at radius 2 is 1.91 bits per heavy atom. The van der Waals surface area contributed by atoms with Crippen molar-refractivity contribution in [1.82, 2.24) is 30.1 Å². The minimum atomic E-state index is -0.00563. The first-order valence-electron chi connectivity index (χ1n) is 12.8. The molecule has 1 atom stereocenters. The minimum Gasteiger partial charge on any atom is -0.321 e. The summed E-state index contributed by atoms with van der Waals surface area (Å²) in [6.07, 6.45) is 6.69. The number of para-hydroxylation sites is 1. The molecule has 7 heteroatoms. The van der Waals surface area contributed by atoms with Crippen molar-refractivity contribution < 1.29 is 0 Å². The number of nitrogens with zero attached hydrogens (tertiary/aromatic N) is 5. The van der Waals surface area contributed by atoms with Crippen molar-refractivity contribution in [2.75, 3.05) is 0 Å². The fourth-order valence-corrected chi connectivity index (χ4v) is 5.51. The molecule has 2 aromatic carbocycles. The molecule has 0 radical (unpaired) electrons. The smallest absolute Gasteiger partial charge is 0.252 e. The molecule has 7 nitrogen and oxygen atoms in total. The van der Waals surface area contributed by atoms with E-state index in [-0.39, 0.29) is 11.6 Å². The fraction of sp³-hybridized carbons (Fsp3) is 0.429. The van der Waals surface area contributed by atoms with Gasteiger partial charge in [0, 0.05) is 18.2 Å². The Morgan fingerprint density at radius 1 is 1.11 bits per heavy atom. The van der Waals surface area contributed by atoms with Gasteiger partial charge in [-0.1, -0.05) is 74.7 Å². The molecule has 35 heavy (non-hydrogen) atoms. The molecule has 2 aromatic heterocycles. The van der Waals surface area contributed by atoms with E-state index in [0.717, 1.165) is 53.5 Å². The van der Waals surface area contributed by atoms with Crippen LogP contribution in [-0.2, 0) is 13.1 Å². The van der Waals surface area contributed by atoms with Crippen LogP contribution in [0.3, 0.4) is 0 Å². The summed E-state index contributed by atoms with van der Waals surface area (Å²) >= 11 is 0. The summed E-state index contributed by atoms with van der Waals surface area (Å²) in [4.78, 5) is 18.8. The highest BCUT2D eigenvalue weighted by molar-refractivity contribution is 5.81. The lowest BCUT2D eigenvalue weighted by molar-refractivity contribution is 0.108. The highest BCUT2D eigenvalue weighted by Gasteiger charge is 2.33. The van der Waals surface area contributed by atoms with E-state index in [1.54, 1.807) is 0 Å². The quantitative estimate of drug-likeness (QED) is 0.366. The summed E-state index contributed by atoms with van der Waals surface area (Å²) < 4.78 is 1.94. The third-order valence-electron chi connectivity index (χ3n) is 7.31. The normalized spacial score (nSPS) is 15.3. The molecule has 0 unspecified atom stereocenters. The number of H-pyrrole nitrogens is 1. The predicted octanol–water partition coefficient (Wildman–Crippen LogP) is 5.16. The van der Waals surface area contributed by atoms with E-state index in [0.29, 0.717) is 19.1 Å². The van der Waals surface area contributed by atoms with Crippen molar-refractivity contribution in [2.45, 2.75) is 77.5 Å². The van der Waals surface area contributed by atoms with Gasteiger partial charge in [-0.15, -0.1) is 5.10 Å². The number of pyridine rings is 1. The zero-order valence-electron chi connectivity index (χ0n) is 20.7. The first-order valence-corrected chi connectivity index (χ1v) is 12.8. The molecule has 1 aliphatic carbocycles. The number of rotatable bonds is 9. The highest BCUT2D eigenvalue weighted by Crippen LogP contribution is 2.34. The Hall–Kier alpha value is -3.32. The molecule has 0 spiro atoms. The number of hydrogen-bond donors (Lipinski definition) is 1. The molecule has 0 bridgehead atoms. The predicted molar refractivity (Wildman–Crippen MR) is 138 cm³/mol. The number of aryl methyl sites for hydroxylation is 1. The van der Waals surface area contributed by atoms with Crippen LogP contribution in [0.4, 0.5) is 0 Å². The highest BCUT2D eigenvalue weighted by atomic mass is 16.1. The number of aromatic nitrogens is 5. The molecule has 2 heterocycles. The number of fused-ring (bicyclic) bond motifs is 1. The molecule has 4 aromatic rings. The SMILES string of the molecule is CCC[C@H](c1nnnn1Cc1ccccc1)N(Cc1cc2cccc(C)c2[nH]c1=O)C1CCCC1. The maximum absolute atomic E-state index is 13.2. The summed E-state index contributed by atoms with van der Waals surface area (Å²) in [6, 6.07) is 19.0. The van der Waals surface area contributed by atoms with Gasteiger partial charge >= 0.3 is 0 Å². The zero-order chi connectivity index (χ0) is 24.2. The summed E-state index contributed by atoms with van der Waals surface area (Å²) in [5, 5.41) is 14.0. The summed E-state index contributed by atoms with van der Waals surface area (Å²) in [7, 11) is 0. The van der Waals surface area contributed by atoms with Gasteiger partial charge in [0.2, 0.25) is 0 Å². The van der Waals surface area contributed by atoms with E-state index in [2.05, 4.69) is 56.6 Å². The number of hydrogen-bond acceptors (Lipinski definition) is 5. The van der Waals surface area contributed by atoms with Crippen LogP contribution in [-0.4, -0.2) is 36.1 Å². The monoisotopic (exact) mass is 470 g/mol.